The minimum absolute atomic E-state index is 0.220. The largest absolute Gasteiger partial charge is 0.312 e. The van der Waals surface area contributed by atoms with Crippen LogP contribution in [0.15, 0.2) is 5.38 Å². The minimum Gasteiger partial charge on any atom is -0.312 e. The van der Waals surface area contributed by atoms with Crippen LogP contribution in [0.5, 0.6) is 0 Å². The second kappa shape index (κ2) is 6.47. The van der Waals surface area contributed by atoms with Crippen LogP contribution in [0, 0.1) is 6.92 Å². The van der Waals surface area contributed by atoms with E-state index in [0.29, 0.717) is 6.04 Å². The van der Waals surface area contributed by atoms with E-state index in [4.69, 9.17) is 0 Å². The van der Waals surface area contributed by atoms with Gasteiger partial charge in [0.2, 0.25) is 0 Å². The zero-order valence-corrected chi connectivity index (χ0v) is 12.4. The Bertz CT molecular complexity index is 328. The van der Waals surface area contributed by atoms with Crippen molar-refractivity contribution in [1.29, 1.82) is 0 Å². The van der Waals surface area contributed by atoms with Gasteiger partial charge in [-0.05, 0) is 54.1 Å². The molecule has 0 saturated heterocycles. The number of aryl methyl sites for hydroxylation is 1. The second-order valence-corrected chi connectivity index (χ2v) is 6.42. The molecule has 4 heteroatoms. The summed E-state index contributed by atoms with van der Waals surface area (Å²) in [6, 6.07) is 0.364. The molecule has 2 N–H and O–H groups in total. The zero-order valence-electron chi connectivity index (χ0n) is 11.6. The van der Waals surface area contributed by atoms with Gasteiger partial charge in [0.1, 0.15) is 5.01 Å². The molecule has 0 aliphatic rings. The molecule has 0 radical (unpaired) electrons. The molecule has 1 unspecified atom stereocenters. The van der Waals surface area contributed by atoms with Gasteiger partial charge in [0, 0.05) is 16.6 Å². The summed E-state index contributed by atoms with van der Waals surface area (Å²) in [4.78, 5) is 4.49. The maximum atomic E-state index is 4.49. The SMILES string of the molecule is Cc1csc(C(C)NCCCNC(C)(C)C)n1. The Balaban J connectivity index is 2.15. The van der Waals surface area contributed by atoms with E-state index in [-0.39, 0.29) is 5.54 Å². The predicted molar refractivity (Wildman–Crippen MR) is 75.6 cm³/mol. The molecule has 1 aromatic heterocycles. The quantitative estimate of drug-likeness (QED) is 0.768. The lowest BCUT2D eigenvalue weighted by Gasteiger charge is -2.20. The Morgan fingerprint density at radius 3 is 2.59 bits per heavy atom. The Hall–Kier alpha value is -0.450. The number of aromatic nitrogens is 1. The summed E-state index contributed by atoms with van der Waals surface area (Å²) in [5.41, 5.74) is 1.34. The van der Waals surface area contributed by atoms with Crippen molar-refractivity contribution >= 4 is 11.3 Å². The number of nitrogens with one attached hydrogen (secondary N) is 2. The van der Waals surface area contributed by atoms with Crippen molar-refractivity contribution in [2.75, 3.05) is 13.1 Å². The van der Waals surface area contributed by atoms with Crippen molar-refractivity contribution in [1.82, 2.24) is 15.6 Å². The van der Waals surface area contributed by atoms with Gasteiger partial charge in [0.25, 0.3) is 0 Å². The van der Waals surface area contributed by atoms with Gasteiger partial charge in [0.05, 0.1) is 6.04 Å². The number of nitrogens with zero attached hydrogens (tertiary/aromatic N) is 1. The topological polar surface area (TPSA) is 37.0 Å². The summed E-state index contributed by atoms with van der Waals surface area (Å²) < 4.78 is 0. The van der Waals surface area contributed by atoms with Crippen molar-refractivity contribution in [3.05, 3.63) is 16.1 Å². The fraction of sp³-hybridized carbons (Fsp3) is 0.769. The third kappa shape index (κ3) is 6.15. The van der Waals surface area contributed by atoms with Crippen molar-refractivity contribution < 1.29 is 0 Å². The highest BCUT2D eigenvalue weighted by Gasteiger charge is 2.09. The van der Waals surface area contributed by atoms with E-state index in [2.05, 4.69) is 48.7 Å². The molecule has 0 saturated carbocycles. The molecule has 0 aliphatic carbocycles. The summed E-state index contributed by atoms with van der Waals surface area (Å²) in [7, 11) is 0. The first-order valence-electron chi connectivity index (χ1n) is 6.29. The van der Waals surface area contributed by atoms with E-state index in [9.17, 15) is 0 Å². The molecule has 0 bridgehead atoms. The van der Waals surface area contributed by atoms with Crippen LogP contribution in [-0.4, -0.2) is 23.6 Å². The van der Waals surface area contributed by atoms with Gasteiger partial charge in [-0.1, -0.05) is 0 Å². The minimum atomic E-state index is 0.220. The summed E-state index contributed by atoms with van der Waals surface area (Å²) in [6.45, 7) is 12.9. The van der Waals surface area contributed by atoms with Crippen LogP contribution in [0.25, 0.3) is 0 Å². The van der Waals surface area contributed by atoms with E-state index in [1.807, 2.05) is 6.92 Å². The molecule has 1 atom stereocenters. The summed E-state index contributed by atoms with van der Waals surface area (Å²) >= 11 is 1.74. The van der Waals surface area contributed by atoms with E-state index in [1.165, 1.54) is 5.01 Å². The van der Waals surface area contributed by atoms with Gasteiger partial charge in [-0.15, -0.1) is 11.3 Å². The van der Waals surface area contributed by atoms with Crippen LogP contribution < -0.4 is 10.6 Å². The Morgan fingerprint density at radius 2 is 2.06 bits per heavy atom. The van der Waals surface area contributed by atoms with Crippen molar-refractivity contribution in [3.8, 4) is 0 Å². The molecule has 1 rings (SSSR count). The predicted octanol–water partition coefficient (Wildman–Crippen LogP) is 2.88. The standard InChI is InChI=1S/C13H25N3S/c1-10-9-17-12(16-10)11(2)14-7-6-8-15-13(3,4)5/h9,11,14-15H,6-8H2,1-5H3. The highest BCUT2D eigenvalue weighted by Crippen LogP contribution is 2.16. The van der Waals surface area contributed by atoms with Crippen LogP contribution in [0.4, 0.5) is 0 Å². The summed E-state index contributed by atoms with van der Waals surface area (Å²) in [5, 5.41) is 10.3. The third-order valence-electron chi connectivity index (χ3n) is 2.47. The molecule has 0 aromatic carbocycles. The van der Waals surface area contributed by atoms with E-state index >= 15 is 0 Å². The van der Waals surface area contributed by atoms with Gasteiger partial charge in [-0.2, -0.15) is 0 Å². The molecule has 98 valence electrons. The van der Waals surface area contributed by atoms with Crippen LogP contribution in [-0.2, 0) is 0 Å². The Labute approximate surface area is 109 Å². The van der Waals surface area contributed by atoms with E-state index in [1.54, 1.807) is 11.3 Å². The highest BCUT2D eigenvalue weighted by molar-refractivity contribution is 7.09. The van der Waals surface area contributed by atoms with Crippen molar-refractivity contribution in [2.24, 2.45) is 0 Å². The number of rotatable bonds is 6. The molecule has 0 aliphatic heterocycles. The number of hydrogen-bond acceptors (Lipinski definition) is 4. The van der Waals surface area contributed by atoms with E-state index in [0.717, 1.165) is 25.2 Å². The smallest absolute Gasteiger partial charge is 0.110 e. The molecule has 3 nitrogen and oxygen atoms in total. The summed E-state index contributed by atoms with van der Waals surface area (Å²) in [5.74, 6) is 0. The van der Waals surface area contributed by atoms with Crippen LogP contribution in [0.1, 0.15) is 50.9 Å². The molecular weight excluding hydrogens is 230 g/mol. The average Bonchev–Trinajstić information content (AvgIpc) is 2.62. The maximum Gasteiger partial charge on any atom is 0.110 e. The lowest BCUT2D eigenvalue weighted by atomic mass is 10.1. The molecule has 0 fully saturated rings. The third-order valence-corrected chi connectivity index (χ3v) is 3.61. The lowest BCUT2D eigenvalue weighted by molar-refractivity contribution is 0.414. The van der Waals surface area contributed by atoms with E-state index < -0.39 is 0 Å². The molecule has 0 spiro atoms. The highest BCUT2D eigenvalue weighted by atomic mass is 32.1. The fourth-order valence-electron chi connectivity index (χ4n) is 1.53. The summed E-state index contributed by atoms with van der Waals surface area (Å²) in [6.07, 6.45) is 1.14. The second-order valence-electron chi connectivity index (χ2n) is 5.53. The average molecular weight is 255 g/mol. The molecule has 1 heterocycles. The first kappa shape index (κ1) is 14.6. The molecule has 1 aromatic rings. The Morgan fingerprint density at radius 1 is 1.35 bits per heavy atom. The first-order valence-corrected chi connectivity index (χ1v) is 7.17. The van der Waals surface area contributed by atoms with Gasteiger partial charge in [-0.25, -0.2) is 4.98 Å². The normalized spacial score (nSPS) is 13.9. The molecular formula is C13H25N3S. The lowest BCUT2D eigenvalue weighted by Crippen LogP contribution is -2.37. The number of hydrogen-bond donors (Lipinski definition) is 2. The number of thiazole rings is 1. The van der Waals surface area contributed by atoms with Crippen molar-refractivity contribution in [3.63, 3.8) is 0 Å². The fourth-order valence-corrected chi connectivity index (χ4v) is 2.36. The zero-order chi connectivity index (χ0) is 12.9. The Kier molecular flexibility index (Phi) is 5.56. The van der Waals surface area contributed by atoms with Gasteiger partial charge in [0.15, 0.2) is 0 Å². The van der Waals surface area contributed by atoms with Gasteiger partial charge in [-0.3, -0.25) is 0 Å². The first-order chi connectivity index (χ1) is 7.88. The van der Waals surface area contributed by atoms with Gasteiger partial charge >= 0.3 is 0 Å². The van der Waals surface area contributed by atoms with Gasteiger partial charge < -0.3 is 10.6 Å². The molecule has 17 heavy (non-hydrogen) atoms. The maximum absolute atomic E-state index is 4.49. The van der Waals surface area contributed by atoms with Crippen LogP contribution in [0.3, 0.4) is 0 Å². The van der Waals surface area contributed by atoms with Crippen LogP contribution in [0.2, 0.25) is 0 Å². The monoisotopic (exact) mass is 255 g/mol. The van der Waals surface area contributed by atoms with Crippen molar-refractivity contribution in [2.45, 2.75) is 52.6 Å². The van der Waals surface area contributed by atoms with Crippen LogP contribution >= 0.6 is 11.3 Å². The molecule has 0 amide bonds.